The lowest BCUT2D eigenvalue weighted by atomic mass is 9.77. The second kappa shape index (κ2) is 9.17. The van der Waals surface area contributed by atoms with Gasteiger partial charge in [0, 0.05) is 23.5 Å². The number of allylic oxidation sites excluding steroid dienone is 1. The van der Waals surface area contributed by atoms with Gasteiger partial charge in [0.15, 0.2) is 5.82 Å². The molecule has 3 aromatic rings. The van der Waals surface area contributed by atoms with Gasteiger partial charge in [-0.25, -0.2) is 18.7 Å². The molecule has 5 heteroatoms. The van der Waals surface area contributed by atoms with Crippen LogP contribution in [-0.2, 0) is 0 Å². The molecule has 1 aliphatic carbocycles. The average Bonchev–Trinajstić information content (AvgIpc) is 2.78. The quantitative estimate of drug-likeness (QED) is 0.283. The number of hydrogen-bond acceptors (Lipinski definition) is 2. The fraction of sp³-hybridized carbons (Fsp3) is 0.280. The SMILES string of the molecule is C=CCC1CCC(c2ccc(-c3cnc(-c4cc(F)c(Br)c(F)c4)nc3)cc2)CC1. The van der Waals surface area contributed by atoms with E-state index in [0.717, 1.165) is 23.5 Å². The average molecular weight is 469 g/mol. The molecule has 0 N–H and O–H groups in total. The first-order chi connectivity index (χ1) is 14.5. The van der Waals surface area contributed by atoms with Crippen molar-refractivity contribution in [1.29, 1.82) is 0 Å². The Labute approximate surface area is 184 Å². The summed E-state index contributed by atoms with van der Waals surface area (Å²) < 4.78 is 27.4. The van der Waals surface area contributed by atoms with Crippen molar-refractivity contribution in [1.82, 2.24) is 9.97 Å². The Kier molecular flexibility index (Phi) is 6.38. The van der Waals surface area contributed by atoms with E-state index in [1.54, 1.807) is 12.4 Å². The fourth-order valence-corrected chi connectivity index (χ4v) is 4.45. The molecule has 0 radical (unpaired) electrons. The third-order valence-corrected chi connectivity index (χ3v) is 6.71. The predicted octanol–water partition coefficient (Wildman–Crippen LogP) is 7.70. The van der Waals surface area contributed by atoms with E-state index in [0.29, 0.717) is 11.5 Å². The van der Waals surface area contributed by atoms with Crippen molar-refractivity contribution >= 4 is 15.9 Å². The van der Waals surface area contributed by atoms with Crippen LogP contribution in [0.25, 0.3) is 22.5 Å². The monoisotopic (exact) mass is 468 g/mol. The minimum Gasteiger partial charge on any atom is -0.236 e. The summed E-state index contributed by atoms with van der Waals surface area (Å²) >= 11 is 2.88. The van der Waals surface area contributed by atoms with E-state index in [1.165, 1.54) is 43.4 Å². The highest BCUT2D eigenvalue weighted by atomic mass is 79.9. The van der Waals surface area contributed by atoms with Crippen molar-refractivity contribution in [2.45, 2.75) is 38.0 Å². The van der Waals surface area contributed by atoms with Gasteiger partial charge in [-0.15, -0.1) is 6.58 Å². The highest BCUT2D eigenvalue weighted by Crippen LogP contribution is 2.37. The Morgan fingerprint density at radius 2 is 1.50 bits per heavy atom. The maximum atomic E-state index is 13.8. The lowest BCUT2D eigenvalue weighted by Gasteiger charge is -2.28. The summed E-state index contributed by atoms with van der Waals surface area (Å²) in [4.78, 5) is 8.61. The highest BCUT2D eigenvalue weighted by molar-refractivity contribution is 9.10. The van der Waals surface area contributed by atoms with Gasteiger partial charge >= 0.3 is 0 Å². The number of hydrogen-bond donors (Lipinski definition) is 0. The zero-order chi connectivity index (χ0) is 21.1. The molecule has 1 aliphatic rings. The summed E-state index contributed by atoms with van der Waals surface area (Å²) in [5.74, 6) is 0.359. The zero-order valence-electron chi connectivity index (χ0n) is 16.6. The summed E-state index contributed by atoms with van der Waals surface area (Å²) in [5, 5.41) is 0. The Hall–Kier alpha value is -2.40. The van der Waals surface area contributed by atoms with E-state index >= 15 is 0 Å². The number of rotatable bonds is 5. The van der Waals surface area contributed by atoms with Crippen molar-refractivity contribution in [2.75, 3.05) is 0 Å². The summed E-state index contributed by atoms with van der Waals surface area (Å²) in [6.07, 6.45) is 11.5. The number of benzene rings is 2. The van der Waals surface area contributed by atoms with Crippen LogP contribution in [0, 0.1) is 17.6 Å². The van der Waals surface area contributed by atoms with Crippen LogP contribution < -0.4 is 0 Å². The van der Waals surface area contributed by atoms with Crippen LogP contribution in [0.3, 0.4) is 0 Å². The van der Waals surface area contributed by atoms with E-state index in [1.807, 2.05) is 6.08 Å². The third kappa shape index (κ3) is 4.51. The van der Waals surface area contributed by atoms with Gasteiger partial charge in [-0.1, -0.05) is 30.3 Å². The van der Waals surface area contributed by atoms with Crippen molar-refractivity contribution in [3.05, 3.63) is 83.1 Å². The van der Waals surface area contributed by atoms with Crippen molar-refractivity contribution in [3.63, 3.8) is 0 Å². The lowest BCUT2D eigenvalue weighted by molar-refractivity contribution is 0.328. The Morgan fingerprint density at radius 1 is 0.900 bits per heavy atom. The minimum absolute atomic E-state index is 0.183. The van der Waals surface area contributed by atoms with E-state index in [-0.39, 0.29) is 10.3 Å². The molecule has 2 nitrogen and oxygen atoms in total. The van der Waals surface area contributed by atoms with E-state index in [9.17, 15) is 8.78 Å². The van der Waals surface area contributed by atoms with Crippen molar-refractivity contribution in [2.24, 2.45) is 5.92 Å². The smallest absolute Gasteiger partial charge is 0.159 e. The molecule has 1 saturated carbocycles. The van der Waals surface area contributed by atoms with Crippen LogP contribution in [0.15, 0.2) is 65.9 Å². The van der Waals surface area contributed by atoms with Crippen LogP contribution in [-0.4, -0.2) is 9.97 Å². The largest absolute Gasteiger partial charge is 0.236 e. The molecule has 154 valence electrons. The van der Waals surface area contributed by atoms with Crippen LogP contribution >= 0.6 is 15.9 Å². The Morgan fingerprint density at radius 3 is 2.07 bits per heavy atom. The van der Waals surface area contributed by atoms with E-state index in [2.05, 4.69) is 56.7 Å². The molecule has 0 aliphatic heterocycles. The molecule has 1 heterocycles. The molecule has 0 unspecified atom stereocenters. The molecule has 0 bridgehead atoms. The van der Waals surface area contributed by atoms with Crippen LogP contribution in [0.4, 0.5) is 8.78 Å². The third-order valence-electron chi connectivity index (χ3n) is 5.96. The lowest BCUT2D eigenvalue weighted by Crippen LogP contribution is -2.12. The van der Waals surface area contributed by atoms with Crippen LogP contribution in [0.2, 0.25) is 0 Å². The molecule has 4 rings (SSSR count). The molecule has 2 aromatic carbocycles. The Balaban J connectivity index is 1.47. The van der Waals surface area contributed by atoms with Gasteiger partial charge in [0.2, 0.25) is 0 Å². The van der Waals surface area contributed by atoms with Crippen LogP contribution in [0.5, 0.6) is 0 Å². The van der Waals surface area contributed by atoms with Gasteiger partial charge in [0.05, 0.1) is 4.47 Å². The number of aromatic nitrogens is 2. The molecule has 0 amide bonds. The van der Waals surface area contributed by atoms with Gasteiger partial charge in [-0.2, -0.15) is 0 Å². The van der Waals surface area contributed by atoms with Gasteiger partial charge < -0.3 is 0 Å². The molecule has 1 aromatic heterocycles. The fourth-order valence-electron chi connectivity index (χ4n) is 4.23. The minimum atomic E-state index is -0.674. The standard InChI is InChI=1S/C25H23BrF2N2/c1-2-3-16-4-6-17(7-5-16)18-8-10-19(11-9-18)21-14-29-25(30-15-21)20-12-22(27)24(26)23(28)13-20/h2,8-17H,1,3-7H2. The maximum Gasteiger partial charge on any atom is 0.159 e. The van der Waals surface area contributed by atoms with Gasteiger partial charge in [0.1, 0.15) is 11.6 Å². The van der Waals surface area contributed by atoms with Gasteiger partial charge in [-0.05, 0) is 83.1 Å². The van der Waals surface area contributed by atoms with E-state index in [4.69, 9.17) is 0 Å². The predicted molar refractivity (Wildman–Crippen MR) is 120 cm³/mol. The second-order valence-electron chi connectivity index (χ2n) is 7.91. The first kappa shape index (κ1) is 20.9. The summed E-state index contributed by atoms with van der Waals surface area (Å²) in [5.41, 5.74) is 3.59. The van der Waals surface area contributed by atoms with E-state index < -0.39 is 11.6 Å². The maximum absolute atomic E-state index is 13.8. The summed E-state index contributed by atoms with van der Waals surface area (Å²) in [6.45, 7) is 3.86. The van der Waals surface area contributed by atoms with Crippen LogP contribution in [0.1, 0.15) is 43.6 Å². The normalized spacial score (nSPS) is 18.9. The van der Waals surface area contributed by atoms with Gasteiger partial charge in [0.25, 0.3) is 0 Å². The molecule has 0 atom stereocenters. The second-order valence-corrected chi connectivity index (χ2v) is 8.71. The molecule has 30 heavy (non-hydrogen) atoms. The van der Waals surface area contributed by atoms with Gasteiger partial charge in [-0.3, -0.25) is 0 Å². The Bertz CT molecular complexity index is 1000. The molecule has 0 spiro atoms. The molecular weight excluding hydrogens is 446 g/mol. The van der Waals surface area contributed by atoms with Crippen molar-refractivity contribution in [3.8, 4) is 22.5 Å². The first-order valence-electron chi connectivity index (χ1n) is 10.2. The number of nitrogens with zero attached hydrogens (tertiary/aromatic N) is 2. The molecule has 1 fully saturated rings. The zero-order valence-corrected chi connectivity index (χ0v) is 18.2. The topological polar surface area (TPSA) is 25.8 Å². The summed E-state index contributed by atoms with van der Waals surface area (Å²) in [6, 6.07) is 11.0. The molecular formula is C25H23BrF2N2. The summed E-state index contributed by atoms with van der Waals surface area (Å²) in [7, 11) is 0. The first-order valence-corrected chi connectivity index (χ1v) is 11.0. The van der Waals surface area contributed by atoms with Crippen molar-refractivity contribution < 1.29 is 8.78 Å². The number of halogens is 3. The highest BCUT2D eigenvalue weighted by Gasteiger charge is 2.21. The molecule has 0 saturated heterocycles.